The van der Waals surface area contributed by atoms with E-state index in [4.69, 9.17) is 0 Å². The van der Waals surface area contributed by atoms with Crippen molar-refractivity contribution in [3.63, 3.8) is 0 Å². The van der Waals surface area contributed by atoms with Crippen LogP contribution < -0.4 is 0 Å². The maximum atomic E-state index is 13.0. The molecule has 0 amide bonds. The molecular formula is C14H10F2O2. The Labute approximate surface area is 103 Å². The monoisotopic (exact) mass is 248 g/mol. The predicted molar refractivity (Wildman–Crippen MR) is 62.1 cm³/mol. The van der Waals surface area contributed by atoms with Crippen LogP contribution in [-0.2, 0) is 0 Å². The SMILES string of the molecule is O=C(c1cc(F)cc(F)c1)C(O)c1ccccc1. The zero-order valence-electron chi connectivity index (χ0n) is 9.31. The molecule has 1 N–H and O–H groups in total. The first-order valence-electron chi connectivity index (χ1n) is 5.31. The minimum atomic E-state index is -1.42. The average molecular weight is 248 g/mol. The van der Waals surface area contributed by atoms with Gasteiger partial charge in [-0.15, -0.1) is 0 Å². The Morgan fingerprint density at radius 1 is 1.00 bits per heavy atom. The molecule has 0 aliphatic heterocycles. The van der Waals surface area contributed by atoms with Crippen LogP contribution in [0.25, 0.3) is 0 Å². The molecule has 2 nitrogen and oxygen atoms in total. The van der Waals surface area contributed by atoms with Gasteiger partial charge >= 0.3 is 0 Å². The van der Waals surface area contributed by atoms with Gasteiger partial charge in [0.1, 0.15) is 17.7 Å². The summed E-state index contributed by atoms with van der Waals surface area (Å²) in [5.74, 6) is -2.43. The van der Waals surface area contributed by atoms with Crippen molar-refractivity contribution >= 4 is 5.78 Å². The molecule has 4 heteroatoms. The van der Waals surface area contributed by atoms with E-state index in [1.807, 2.05) is 0 Å². The Morgan fingerprint density at radius 3 is 2.11 bits per heavy atom. The summed E-state index contributed by atoms with van der Waals surface area (Å²) in [5, 5.41) is 9.83. The van der Waals surface area contributed by atoms with Crippen LogP contribution in [0.4, 0.5) is 8.78 Å². The molecule has 0 radical (unpaired) electrons. The number of halogens is 2. The number of benzene rings is 2. The molecule has 0 bridgehead atoms. The van der Waals surface area contributed by atoms with Crippen LogP contribution in [-0.4, -0.2) is 10.9 Å². The summed E-state index contributed by atoms with van der Waals surface area (Å²) >= 11 is 0. The molecule has 0 fully saturated rings. The molecule has 2 rings (SSSR count). The van der Waals surface area contributed by atoms with Gasteiger partial charge in [-0.1, -0.05) is 30.3 Å². The third-order valence-electron chi connectivity index (χ3n) is 2.51. The van der Waals surface area contributed by atoms with Gasteiger partial charge in [0.25, 0.3) is 0 Å². The first-order chi connectivity index (χ1) is 8.58. The van der Waals surface area contributed by atoms with Crippen molar-refractivity contribution in [2.45, 2.75) is 6.10 Å². The molecule has 1 unspecified atom stereocenters. The molecule has 18 heavy (non-hydrogen) atoms. The number of hydrogen-bond acceptors (Lipinski definition) is 2. The Hall–Kier alpha value is -2.07. The summed E-state index contributed by atoms with van der Waals surface area (Å²) in [5.41, 5.74) is 0.191. The summed E-state index contributed by atoms with van der Waals surface area (Å²) in [6.45, 7) is 0. The number of carbonyl (C=O) groups excluding carboxylic acids is 1. The van der Waals surface area contributed by atoms with E-state index in [9.17, 15) is 18.7 Å². The zero-order chi connectivity index (χ0) is 13.1. The molecular weight excluding hydrogens is 238 g/mol. The topological polar surface area (TPSA) is 37.3 Å². The molecule has 92 valence electrons. The minimum Gasteiger partial charge on any atom is -0.380 e. The van der Waals surface area contributed by atoms with Gasteiger partial charge in [-0.2, -0.15) is 0 Å². The van der Waals surface area contributed by atoms with Gasteiger partial charge in [-0.3, -0.25) is 4.79 Å². The molecule has 2 aromatic rings. The Bertz CT molecular complexity index is 547. The molecule has 0 aromatic heterocycles. The third kappa shape index (κ3) is 2.60. The van der Waals surface area contributed by atoms with Crippen molar-refractivity contribution in [1.82, 2.24) is 0 Å². The van der Waals surface area contributed by atoms with E-state index in [1.54, 1.807) is 30.3 Å². The van der Waals surface area contributed by atoms with Crippen molar-refractivity contribution in [2.75, 3.05) is 0 Å². The van der Waals surface area contributed by atoms with Gasteiger partial charge in [0.15, 0.2) is 5.78 Å². The molecule has 1 atom stereocenters. The van der Waals surface area contributed by atoms with Gasteiger partial charge in [-0.05, 0) is 17.7 Å². The van der Waals surface area contributed by atoms with Crippen LogP contribution in [0.1, 0.15) is 22.0 Å². The highest BCUT2D eigenvalue weighted by atomic mass is 19.1. The normalized spacial score (nSPS) is 12.2. The fourth-order valence-corrected chi connectivity index (χ4v) is 1.64. The first-order valence-corrected chi connectivity index (χ1v) is 5.31. The number of carbonyl (C=O) groups is 1. The van der Waals surface area contributed by atoms with Gasteiger partial charge in [0.05, 0.1) is 0 Å². The molecule has 0 aliphatic carbocycles. The summed E-state index contributed by atoms with van der Waals surface area (Å²) in [6.07, 6.45) is -1.42. The average Bonchev–Trinajstić information content (AvgIpc) is 2.37. The van der Waals surface area contributed by atoms with Gasteiger partial charge < -0.3 is 5.11 Å². The minimum absolute atomic E-state index is 0.191. The van der Waals surface area contributed by atoms with Crippen molar-refractivity contribution in [2.24, 2.45) is 0 Å². The second-order valence-electron chi connectivity index (χ2n) is 3.84. The predicted octanol–water partition coefficient (Wildman–Crippen LogP) is 2.88. The maximum absolute atomic E-state index is 13.0. The van der Waals surface area contributed by atoms with Crippen molar-refractivity contribution in [1.29, 1.82) is 0 Å². The standard InChI is InChI=1S/C14H10F2O2/c15-11-6-10(7-12(16)8-11)14(18)13(17)9-4-2-1-3-5-9/h1-8,13,17H. The first kappa shape index (κ1) is 12.4. The fraction of sp³-hybridized carbons (Fsp3) is 0.0714. The van der Waals surface area contributed by atoms with E-state index < -0.39 is 23.5 Å². The largest absolute Gasteiger partial charge is 0.380 e. The molecule has 0 saturated carbocycles. The summed E-state index contributed by atoms with van der Waals surface area (Å²) in [7, 11) is 0. The molecule has 0 saturated heterocycles. The highest BCUT2D eigenvalue weighted by Gasteiger charge is 2.20. The van der Waals surface area contributed by atoms with Crippen molar-refractivity contribution < 1.29 is 18.7 Å². The zero-order valence-corrected chi connectivity index (χ0v) is 9.31. The van der Waals surface area contributed by atoms with Crippen LogP contribution in [0, 0.1) is 11.6 Å². The van der Waals surface area contributed by atoms with Gasteiger partial charge in [0, 0.05) is 11.6 Å². The second kappa shape index (κ2) is 5.06. The molecule has 0 aliphatic rings. The third-order valence-corrected chi connectivity index (χ3v) is 2.51. The molecule has 0 heterocycles. The van der Waals surface area contributed by atoms with E-state index in [0.717, 1.165) is 12.1 Å². The van der Waals surface area contributed by atoms with E-state index in [0.29, 0.717) is 11.6 Å². The lowest BCUT2D eigenvalue weighted by atomic mass is 10.00. The van der Waals surface area contributed by atoms with Gasteiger partial charge in [0.2, 0.25) is 0 Å². The Morgan fingerprint density at radius 2 is 1.56 bits per heavy atom. The quantitative estimate of drug-likeness (QED) is 0.848. The number of rotatable bonds is 3. The lowest BCUT2D eigenvalue weighted by Gasteiger charge is -2.10. The van der Waals surface area contributed by atoms with Crippen molar-refractivity contribution in [3.8, 4) is 0 Å². The van der Waals surface area contributed by atoms with E-state index in [2.05, 4.69) is 0 Å². The number of aliphatic hydroxyl groups excluding tert-OH is 1. The second-order valence-corrected chi connectivity index (χ2v) is 3.84. The summed E-state index contributed by atoms with van der Waals surface area (Å²) in [6, 6.07) is 10.7. The highest BCUT2D eigenvalue weighted by molar-refractivity contribution is 5.99. The Kier molecular flexibility index (Phi) is 3.48. The molecule has 2 aromatic carbocycles. The van der Waals surface area contributed by atoms with Crippen LogP contribution in [0.2, 0.25) is 0 Å². The number of ketones is 1. The number of hydrogen-bond donors (Lipinski definition) is 1. The highest BCUT2D eigenvalue weighted by Crippen LogP contribution is 2.19. The molecule has 0 spiro atoms. The van der Waals surface area contributed by atoms with Crippen LogP contribution in [0.3, 0.4) is 0 Å². The maximum Gasteiger partial charge on any atom is 0.196 e. The lowest BCUT2D eigenvalue weighted by molar-refractivity contribution is 0.0746. The van der Waals surface area contributed by atoms with E-state index in [1.165, 1.54) is 0 Å². The van der Waals surface area contributed by atoms with Crippen molar-refractivity contribution in [3.05, 3.63) is 71.3 Å². The fourth-order valence-electron chi connectivity index (χ4n) is 1.64. The summed E-state index contributed by atoms with van der Waals surface area (Å²) < 4.78 is 26.0. The Balaban J connectivity index is 2.31. The smallest absolute Gasteiger partial charge is 0.196 e. The van der Waals surface area contributed by atoms with Crippen LogP contribution >= 0.6 is 0 Å². The summed E-state index contributed by atoms with van der Waals surface area (Å²) in [4.78, 5) is 11.9. The van der Waals surface area contributed by atoms with E-state index >= 15 is 0 Å². The number of Topliss-reactive ketones (excluding diaryl/α,β-unsaturated/α-hetero) is 1. The number of aliphatic hydroxyl groups is 1. The lowest BCUT2D eigenvalue weighted by Crippen LogP contribution is -2.12. The van der Waals surface area contributed by atoms with Gasteiger partial charge in [-0.25, -0.2) is 8.78 Å². The van der Waals surface area contributed by atoms with Crippen LogP contribution in [0.15, 0.2) is 48.5 Å². The van der Waals surface area contributed by atoms with Crippen LogP contribution in [0.5, 0.6) is 0 Å². The van der Waals surface area contributed by atoms with E-state index in [-0.39, 0.29) is 5.56 Å².